The second-order valence-corrected chi connectivity index (χ2v) is 11.9. The molecule has 0 unspecified atom stereocenters. The van der Waals surface area contributed by atoms with Gasteiger partial charge in [0.25, 0.3) is 5.88 Å². The number of hydrogen-bond donors (Lipinski definition) is 4. The van der Waals surface area contributed by atoms with Crippen LogP contribution in [0.2, 0.25) is 5.02 Å². The average molecular weight is 661 g/mol. The van der Waals surface area contributed by atoms with E-state index in [4.69, 9.17) is 30.3 Å². The van der Waals surface area contributed by atoms with Crippen LogP contribution in [0.3, 0.4) is 0 Å². The summed E-state index contributed by atoms with van der Waals surface area (Å²) in [5.74, 6) is -4.08. The second-order valence-electron chi connectivity index (χ2n) is 11.4. The molecule has 2 atom stereocenters. The molecule has 14 nitrogen and oxygen atoms in total. The van der Waals surface area contributed by atoms with Crippen molar-refractivity contribution in [2.45, 2.75) is 58.9 Å². The van der Waals surface area contributed by atoms with Crippen LogP contribution >= 0.6 is 11.6 Å². The monoisotopic (exact) mass is 660 g/mol. The van der Waals surface area contributed by atoms with Crippen LogP contribution in [-0.4, -0.2) is 75.4 Å². The van der Waals surface area contributed by atoms with Crippen molar-refractivity contribution < 1.29 is 48.1 Å². The maximum Gasteiger partial charge on any atom is 0.408 e. The Balaban J connectivity index is 1.60. The largest absolute Gasteiger partial charge is 0.479 e. The van der Waals surface area contributed by atoms with Gasteiger partial charge in [-0.15, -0.1) is 0 Å². The Morgan fingerprint density at radius 1 is 1.04 bits per heavy atom. The molecule has 3 aromatic rings. The average Bonchev–Trinajstić information content (AvgIpc) is 3.45. The highest BCUT2D eigenvalue weighted by Gasteiger charge is 2.29. The molecule has 0 aliphatic carbocycles. The number of esters is 1. The Kier molecular flexibility index (Phi) is 12.5. The number of hydrazine groups is 1. The lowest BCUT2D eigenvalue weighted by Crippen LogP contribution is -2.48. The number of aromatic nitrogens is 1. The van der Waals surface area contributed by atoms with Crippen LogP contribution in [0.4, 0.5) is 4.79 Å². The zero-order chi connectivity index (χ0) is 34.0. The summed E-state index contributed by atoms with van der Waals surface area (Å²) in [6.45, 7) is 7.32. The number of nitrogens with one attached hydrogen (secondary N) is 2. The lowest BCUT2D eigenvalue weighted by Gasteiger charge is -2.24. The molecule has 2 aromatic carbocycles. The lowest BCUT2D eigenvalue weighted by molar-refractivity contribution is -0.154. The van der Waals surface area contributed by atoms with Crippen molar-refractivity contribution in [3.8, 4) is 17.0 Å². The van der Waals surface area contributed by atoms with Gasteiger partial charge >= 0.3 is 23.9 Å². The van der Waals surface area contributed by atoms with E-state index in [1.54, 1.807) is 40.7 Å². The van der Waals surface area contributed by atoms with Gasteiger partial charge in [0.15, 0.2) is 6.10 Å². The minimum atomic E-state index is -1.90. The van der Waals surface area contributed by atoms with Gasteiger partial charge in [-0.25, -0.2) is 19.8 Å². The van der Waals surface area contributed by atoms with Gasteiger partial charge < -0.3 is 34.3 Å². The van der Waals surface area contributed by atoms with Crippen molar-refractivity contribution in [3.05, 3.63) is 70.9 Å². The number of amides is 2. The number of ether oxygens (including phenoxy) is 3. The summed E-state index contributed by atoms with van der Waals surface area (Å²) in [5, 5.41) is 26.7. The summed E-state index contributed by atoms with van der Waals surface area (Å²) in [7, 11) is 0. The van der Waals surface area contributed by atoms with Crippen molar-refractivity contribution in [1.82, 2.24) is 20.9 Å². The Hall–Kier alpha value is -4.66. The van der Waals surface area contributed by atoms with Gasteiger partial charge in [0, 0.05) is 11.6 Å². The quantitative estimate of drug-likeness (QED) is 0.111. The first kappa shape index (κ1) is 35.8. The molecular formula is C31H37ClN4O10. The number of aliphatic hydroxyl groups excluding tert-OH is 1. The maximum atomic E-state index is 13.2. The predicted molar refractivity (Wildman–Crippen MR) is 164 cm³/mol. The highest BCUT2D eigenvalue weighted by molar-refractivity contribution is 6.30. The van der Waals surface area contributed by atoms with E-state index in [-0.39, 0.29) is 24.1 Å². The molecule has 1 aromatic heterocycles. The van der Waals surface area contributed by atoms with E-state index in [2.05, 4.69) is 15.9 Å². The number of nitrogens with zero attached hydrogens (tertiary/aromatic N) is 2. The van der Waals surface area contributed by atoms with E-state index in [1.807, 2.05) is 42.5 Å². The molecule has 4 N–H and O–H groups in total. The van der Waals surface area contributed by atoms with Gasteiger partial charge in [0.2, 0.25) is 12.6 Å². The van der Waals surface area contributed by atoms with Crippen LogP contribution in [0.1, 0.15) is 50.7 Å². The first-order valence-electron chi connectivity index (χ1n) is 14.2. The number of carbonyl (C=O) groups excluding carboxylic acids is 3. The second kappa shape index (κ2) is 16.1. The zero-order valence-corrected chi connectivity index (χ0v) is 26.7. The summed E-state index contributed by atoms with van der Waals surface area (Å²) < 4.78 is 20.6. The number of aliphatic carboxylic acids is 1. The van der Waals surface area contributed by atoms with Gasteiger partial charge in [0.1, 0.15) is 11.6 Å². The molecule has 1 heterocycles. The lowest BCUT2D eigenvalue weighted by atomic mass is 10.0. The summed E-state index contributed by atoms with van der Waals surface area (Å²) >= 11 is 6.08. The third-order valence-corrected chi connectivity index (χ3v) is 6.41. The molecule has 0 saturated heterocycles. The molecular weight excluding hydrogens is 624 g/mol. The van der Waals surface area contributed by atoms with E-state index >= 15 is 0 Å². The van der Waals surface area contributed by atoms with Crippen LogP contribution in [0, 0.1) is 5.92 Å². The van der Waals surface area contributed by atoms with Crippen LogP contribution in [0.5, 0.6) is 5.88 Å². The Morgan fingerprint density at radius 3 is 2.35 bits per heavy atom. The molecule has 15 heteroatoms. The van der Waals surface area contributed by atoms with E-state index in [0.29, 0.717) is 5.02 Å². The fourth-order valence-electron chi connectivity index (χ4n) is 3.87. The third-order valence-electron chi connectivity index (χ3n) is 6.17. The van der Waals surface area contributed by atoms with Gasteiger partial charge in [-0.1, -0.05) is 61.8 Å². The van der Waals surface area contributed by atoms with Crippen LogP contribution in [0.25, 0.3) is 11.1 Å². The molecule has 0 saturated carbocycles. The summed E-state index contributed by atoms with van der Waals surface area (Å²) in [4.78, 5) is 49.2. The molecule has 248 valence electrons. The van der Waals surface area contributed by atoms with Crippen molar-refractivity contribution in [3.63, 3.8) is 0 Å². The standard InChI is InChI=1S/C31H37ClN4O10/c1-18(2)26(34-30(42)45-31(3,4)5)29(41)44-17-43-25-14-24(46-35-25)27(38)36(16-23(37)28(39)40)33-15-19-9-11-20(12-10-19)21-7-6-8-22(32)13-21/h6-14,18,23,26,33,37H,15-17H2,1-5H3,(H,34,42)(H,39,40)/t23-,26+/m1/s1. The number of hydrogen-bond acceptors (Lipinski definition) is 11. The molecule has 0 fully saturated rings. The van der Waals surface area contributed by atoms with Gasteiger partial charge in [-0.2, -0.15) is 0 Å². The molecule has 0 radical (unpaired) electrons. The fourth-order valence-corrected chi connectivity index (χ4v) is 4.06. The predicted octanol–water partition coefficient (Wildman–Crippen LogP) is 4.02. The zero-order valence-electron chi connectivity index (χ0n) is 26.0. The van der Waals surface area contributed by atoms with E-state index in [9.17, 15) is 29.4 Å². The summed E-state index contributed by atoms with van der Waals surface area (Å²) in [6, 6.07) is 14.8. The Bertz CT molecular complexity index is 1500. The molecule has 3 rings (SSSR count). The molecule has 0 aliphatic rings. The number of benzene rings is 2. The first-order chi connectivity index (χ1) is 21.6. The van der Waals surface area contributed by atoms with Gasteiger partial charge in [0.05, 0.1) is 12.6 Å². The van der Waals surface area contributed by atoms with E-state index in [0.717, 1.165) is 27.8 Å². The Morgan fingerprint density at radius 2 is 1.74 bits per heavy atom. The highest BCUT2D eigenvalue weighted by atomic mass is 35.5. The minimum absolute atomic E-state index is 0.0930. The third kappa shape index (κ3) is 11.1. The molecule has 2 amide bonds. The summed E-state index contributed by atoms with van der Waals surface area (Å²) in [5.41, 5.74) is 4.63. The van der Waals surface area contributed by atoms with Crippen molar-refractivity contribution in [1.29, 1.82) is 0 Å². The number of carboxylic acid groups (broad SMARTS) is 1. The maximum absolute atomic E-state index is 13.2. The van der Waals surface area contributed by atoms with Crippen molar-refractivity contribution >= 4 is 35.5 Å². The van der Waals surface area contributed by atoms with Crippen molar-refractivity contribution in [2.75, 3.05) is 13.3 Å². The van der Waals surface area contributed by atoms with Crippen LogP contribution < -0.4 is 15.5 Å². The van der Waals surface area contributed by atoms with Crippen LogP contribution in [0.15, 0.2) is 59.1 Å². The van der Waals surface area contributed by atoms with E-state index in [1.165, 1.54) is 0 Å². The number of halogens is 1. The minimum Gasteiger partial charge on any atom is -0.479 e. The SMILES string of the molecule is CC(C)[C@H](NC(=O)OC(C)(C)C)C(=O)OCOc1cc(C(=O)N(C[C@@H](O)C(=O)O)NCc2ccc(-c3cccc(Cl)c3)cc2)on1. The number of carbonyl (C=O) groups is 4. The number of aliphatic hydroxyl groups is 1. The Labute approximate surface area is 270 Å². The molecule has 0 aliphatic heterocycles. The first-order valence-corrected chi connectivity index (χ1v) is 14.6. The van der Waals surface area contributed by atoms with Gasteiger partial charge in [-0.3, -0.25) is 9.80 Å². The number of carboxylic acids is 1. The van der Waals surface area contributed by atoms with Crippen LogP contribution in [-0.2, 0) is 25.6 Å². The van der Waals surface area contributed by atoms with E-state index < -0.39 is 55.0 Å². The number of alkyl carbamates (subject to hydrolysis) is 1. The highest BCUT2D eigenvalue weighted by Crippen LogP contribution is 2.23. The topological polar surface area (TPSA) is 190 Å². The summed E-state index contributed by atoms with van der Waals surface area (Å²) in [6.07, 6.45) is -2.69. The smallest absolute Gasteiger partial charge is 0.408 e. The molecule has 0 bridgehead atoms. The van der Waals surface area contributed by atoms with Gasteiger partial charge in [-0.05, 0) is 60.7 Å². The number of rotatable bonds is 14. The molecule has 46 heavy (non-hydrogen) atoms. The fraction of sp³-hybridized carbons (Fsp3) is 0.387. The van der Waals surface area contributed by atoms with Crippen molar-refractivity contribution in [2.24, 2.45) is 5.92 Å². The molecule has 0 spiro atoms. The normalized spacial score (nSPS) is 12.6.